The average molecular weight is 414 g/mol. The number of nitrogens with zero attached hydrogens (tertiary/aromatic N) is 3. The molecule has 0 bridgehead atoms. The number of aromatic nitrogens is 3. The largest absolute Gasteiger partial charge is 0.480 e. The normalized spacial score (nSPS) is 11.8. The molecular weight excluding hydrogens is 394 g/mol. The van der Waals surface area contributed by atoms with E-state index in [1.807, 2.05) is 43.3 Å². The Kier molecular flexibility index (Phi) is 6.58. The molecule has 9 heteroatoms. The van der Waals surface area contributed by atoms with E-state index in [1.54, 1.807) is 12.1 Å². The van der Waals surface area contributed by atoms with Crippen molar-refractivity contribution in [2.45, 2.75) is 19.4 Å². The molecule has 1 heterocycles. The van der Waals surface area contributed by atoms with Crippen molar-refractivity contribution < 1.29 is 14.7 Å². The molecule has 0 aliphatic carbocycles. The first-order valence-electron chi connectivity index (χ1n) is 8.91. The number of benzene rings is 2. The molecule has 150 valence electrons. The Hall–Kier alpha value is -3.23. The zero-order valence-corrected chi connectivity index (χ0v) is 16.4. The molecule has 29 heavy (non-hydrogen) atoms. The zero-order chi connectivity index (χ0) is 20.8. The minimum atomic E-state index is -1.02. The summed E-state index contributed by atoms with van der Waals surface area (Å²) < 4.78 is 1.46. The molecule has 0 aliphatic rings. The number of carboxylic acid groups (broad SMARTS) is 1. The topological polar surface area (TPSA) is 109 Å². The van der Waals surface area contributed by atoms with Crippen molar-refractivity contribution >= 4 is 29.2 Å². The number of anilines is 1. The molecule has 8 nitrogen and oxygen atoms in total. The average Bonchev–Trinajstić information content (AvgIpc) is 3.12. The van der Waals surface area contributed by atoms with Crippen LogP contribution in [-0.2, 0) is 16.0 Å². The number of rotatable bonds is 8. The summed E-state index contributed by atoms with van der Waals surface area (Å²) >= 11 is 5.83. The predicted molar refractivity (Wildman–Crippen MR) is 109 cm³/mol. The molecule has 1 unspecified atom stereocenters. The number of carboxylic acids is 1. The van der Waals surface area contributed by atoms with E-state index in [2.05, 4.69) is 20.9 Å². The van der Waals surface area contributed by atoms with Crippen LogP contribution in [-0.4, -0.2) is 44.6 Å². The second-order valence-corrected chi connectivity index (χ2v) is 6.90. The molecule has 3 N–H and O–H groups in total. The first kappa shape index (κ1) is 20.5. The summed E-state index contributed by atoms with van der Waals surface area (Å²) in [6, 6.07) is 13.8. The van der Waals surface area contributed by atoms with Crippen LogP contribution in [0.3, 0.4) is 0 Å². The Bertz CT molecular complexity index is 1010. The fourth-order valence-corrected chi connectivity index (χ4v) is 2.94. The Morgan fingerprint density at radius 3 is 2.62 bits per heavy atom. The molecule has 0 saturated heterocycles. The summed E-state index contributed by atoms with van der Waals surface area (Å²) in [4.78, 5) is 24.0. The third-order valence-electron chi connectivity index (χ3n) is 4.23. The molecule has 0 saturated carbocycles. The van der Waals surface area contributed by atoms with Gasteiger partial charge in [0, 0.05) is 0 Å². The molecule has 3 rings (SSSR count). The molecule has 0 fully saturated rings. The van der Waals surface area contributed by atoms with Gasteiger partial charge in [-0.3, -0.25) is 14.9 Å². The van der Waals surface area contributed by atoms with Gasteiger partial charge in [0.05, 0.1) is 24.1 Å². The van der Waals surface area contributed by atoms with Gasteiger partial charge >= 0.3 is 5.97 Å². The fraction of sp³-hybridized carbons (Fsp3) is 0.200. The molecule has 1 amide bonds. The van der Waals surface area contributed by atoms with Crippen LogP contribution in [0.25, 0.3) is 5.69 Å². The van der Waals surface area contributed by atoms with Gasteiger partial charge in [-0.05, 0) is 36.6 Å². The number of halogens is 1. The van der Waals surface area contributed by atoms with Crippen LogP contribution >= 0.6 is 11.6 Å². The minimum Gasteiger partial charge on any atom is -0.480 e. The lowest BCUT2D eigenvalue weighted by molar-refractivity contribution is -0.139. The smallest absolute Gasteiger partial charge is 0.321 e. The zero-order valence-electron chi connectivity index (χ0n) is 15.7. The summed E-state index contributed by atoms with van der Waals surface area (Å²) in [6.45, 7) is 1.74. The maximum atomic E-state index is 12.5. The van der Waals surface area contributed by atoms with Gasteiger partial charge in [0.25, 0.3) is 0 Å². The highest BCUT2D eigenvalue weighted by atomic mass is 35.5. The molecule has 0 aliphatic heterocycles. The summed E-state index contributed by atoms with van der Waals surface area (Å²) in [6.07, 6.45) is 1.80. The van der Waals surface area contributed by atoms with Crippen molar-refractivity contribution in [3.63, 3.8) is 0 Å². The third-order valence-corrected chi connectivity index (χ3v) is 4.40. The molecule has 3 aromatic rings. The molecule has 1 aromatic heterocycles. The van der Waals surface area contributed by atoms with Crippen LogP contribution in [0.2, 0.25) is 5.15 Å². The molecular formula is C20H20ClN5O3. The van der Waals surface area contributed by atoms with Gasteiger partial charge in [-0.25, -0.2) is 4.68 Å². The second kappa shape index (κ2) is 9.31. The number of hydrogen-bond donors (Lipinski definition) is 3. The number of amides is 1. The highest BCUT2D eigenvalue weighted by Crippen LogP contribution is 2.22. The highest BCUT2D eigenvalue weighted by Gasteiger charge is 2.19. The summed E-state index contributed by atoms with van der Waals surface area (Å²) in [5, 5.41) is 22.9. The van der Waals surface area contributed by atoms with E-state index >= 15 is 0 Å². The van der Waals surface area contributed by atoms with Gasteiger partial charge < -0.3 is 10.4 Å². The van der Waals surface area contributed by atoms with Crippen LogP contribution in [0, 0.1) is 6.92 Å². The van der Waals surface area contributed by atoms with Crippen LogP contribution in [0.15, 0.2) is 54.7 Å². The highest BCUT2D eigenvalue weighted by molar-refractivity contribution is 6.29. The maximum Gasteiger partial charge on any atom is 0.321 e. The molecule has 1 atom stereocenters. The maximum absolute atomic E-state index is 12.5. The number of carbonyl (C=O) groups excluding carboxylic acids is 1. The van der Waals surface area contributed by atoms with Crippen molar-refractivity contribution in [2.75, 3.05) is 11.9 Å². The number of hydrogen-bond acceptors (Lipinski definition) is 5. The number of aryl methyl sites for hydroxylation is 1. The Labute approximate surface area is 172 Å². The third kappa shape index (κ3) is 5.63. The van der Waals surface area contributed by atoms with E-state index in [1.165, 1.54) is 10.9 Å². The van der Waals surface area contributed by atoms with E-state index in [0.29, 0.717) is 11.4 Å². The van der Waals surface area contributed by atoms with E-state index in [9.17, 15) is 14.7 Å². The lowest BCUT2D eigenvalue weighted by Gasteiger charge is -2.16. The number of carbonyl (C=O) groups is 2. The van der Waals surface area contributed by atoms with Crippen molar-refractivity contribution in [1.29, 1.82) is 0 Å². The van der Waals surface area contributed by atoms with Crippen LogP contribution in [0.4, 0.5) is 5.69 Å². The van der Waals surface area contributed by atoms with Gasteiger partial charge in [-0.2, -0.15) is 0 Å². The van der Waals surface area contributed by atoms with Crippen molar-refractivity contribution in [3.8, 4) is 5.69 Å². The summed E-state index contributed by atoms with van der Waals surface area (Å²) in [5.74, 6) is -1.39. The van der Waals surface area contributed by atoms with Gasteiger partial charge in [0.2, 0.25) is 5.91 Å². The van der Waals surface area contributed by atoms with Gasteiger partial charge in [0.1, 0.15) is 6.04 Å². The summed E-state index contributed by atoms with van der Waals surface area (Å²) in [5.41, 5.74) is 2.93. The van der Waals surface area contributed by atoms with Crippen LogP contribution in [0.5, 0.6) is 0 Å². The predicted octanol–water partition coefficient (Wildman–Crippen LogP) is 2.45. The molecule has 2 aromatic carbocycles. The number of aliphatic carboxylic acids is 1. The number of nitrogens with one attached hydrogen (secondary N) is 2. The van der Waals surface area contributed by atoms with E-state index in [-0.39, 0.29) is 24.0 Å². The quantitative estimate of drug-likeness (QED) is 0.523. The SMILES string of the molecule is Cc1ccc(-n2cc(Cl)nn2)c(NC(=O)CNC(Cc2ccccc2)C(=O)O)c1. The lowest BCUT2D eigenvalue weighted by atomic mass is 10.1. The van der Waals surface area contributed by atoms with Gasteiger partial charge in [-0.1, -0.05) is 53.2 Å². The minimum absolute atomic E-state index is 0.157. The van der Waals surface area contributed by atoms with Crippen molar-refractivity contribution in [3.05, 3.63) is 71.0 Å². The first-order chi connectivity index (χ1) is 13.9. The van der Waals surface area contributed by atoms with E-state index in [4.69, 9.17) is 11.6 Å². The lowest BCUT2D eigenvalue weighted by Crippen LogP contribution is -2.42. The molecule has 0 spiro atoms. The van der Waals surface area contributed by atoms with Crippen molar-refractivity contribution in [2.24, 2.45) is 0 Å². The van der Waals surface area contributed by atoms with Crippen LogP contribution in [0.1, 0.15) is 11.1 Å². The van der Waals surface area contributed by atoms with Crippen molar-refractivity contribution in [1.82, 2.24) is 20.3 Å². The van der Waals surface area contributed by atoms with E-state index < -0.39 is 12.0 Å². The Morgan fingerprint density at radius 2 is 1.97 bits per heavy atom. The standard InChI is InChI=1S/C20H20ClN5O3/c1-13-7-8-17(26-12-18(21)24-25-26)15(9-13)23-19(27)11-22-16(20(28)29)10-14-5-3-2-4-6-14/h2-9,12,16,22H,10-11H2,1H3,(H,23,27)(H,28,29). The Morgan fingerprint density at radius 1 is 1.21 bits per heavy atom. The van der Waals surface area contributed by atoms with Crippen LogP contribution < -0.4 is 10.6 Å². The van der Waals surface area contributed by atoms with Gasteiger partial charge in [0.15, 0.2) is 5.15 Å². The van der Waals surface area contributed by atoms with Gasteiger partial charge in [-0.15, -0.1) is 5.10 Å². The Balaban J connectivity index is 1.67. The monoisotopic (exact) mass is 413 g/mol. The first-order valence-corrected chi connectivity index (χ1v) is 9.29. The molecule has 0 radical (unpaired) electrons. The second-order valence-electron chi connectivity index (χ2n) is 6.52. The summed E-state index contributed by atoms with van der Waals surface area (Å²) in [7, 11) is 0. The fourth-order valence-electron chi connectivity index (χ4n) is 2.82. The van der Waals surface area contributed by atoms with E-state index in [0.717, 1.165) is 11.1 Å².